The van der Waals surface area contributed by atoms with E-state index in [0.717, 1.165) is 23.3 Å². The second kappa shape index (κ2) is 6.82. The molecule has 0 saturated heterocycles. The second-order valence-electron chi connectivity index (χ2n) is 5.96. The number of amides is 1. The normalized spacial score (nSPS) is 19.2. The van der Waals surface area contributed by atoms with Crippen LogP contribution in [-0.4, -0.2) is 19.1 Å². The largest absolute Gasteiger partial charge is 0.492 e. The van der Waals surface area contributed by atoms with Crippen molar-refractivity contribution in [1.82, 2.24) is 5.32 Å². The molecule has 2 unspecified atom stereocenters. The van der Waals surface area contributed by atoms with Crippen LogP contribution in [0, 0.1) is 18.7 Å². The lowest BCUT2D eigenvalue weighted by molar-refractivity contribution is -0.122. The monoisotopic (exact) mass is 313 g/mol. The van der Waals surface area contributed by atoms with Gasteiger partial charge in [0.1, 0.15) is 18.2 Å². The fourth-order valence-corrected chi connectivity index (χ4v) is 2.74. The summed E-state index contributed by atoms with van der Waals surface area (Å²) in [5.74, 6) is 0.832. The van der Waals surface area contributed by atoms with Crippen molar-refractivity contribution in [2.45, 2.75) is 19.3 Å². The van der Waals surface area contributed by atoms with Gasteiger partial charge in [0.15, 0.2) is 0 Å². The van der Waals surface area contributed by atoms with E-state index in [1.807, 2.05) is 31.2 Å². The Bertz CT molecular complexity index is 684. The number of hydrogen-bond acceptors (Lipinski definition) is 2. The smallest absolute Gasteiger partial charge is 0.223 e. The van der Waals surface area contributed by atoms with E-state index in [-0.39, 0.29) is 23.6 Å². The summed E-state index contributed by atoms with van der Waals surface area (Å²) in [6.45, 7) is 2.94. The van der Waals surface area contributed by atoms with Crippen molar-refractivity contribution in [2.24, 2.45) is 5.92 Å². The lowest BCUT2D eigenvalue weighted by Gasteiger charge is -2.08. The highest BCUT2D eigenvalue weighted by molar-refractivity contribution is 5.82. The van der Waals surface area contributed by atoms with Gasteiger partial charge in [0, 0.05) is 5.92 Å². The van der Waals surface area contributed by atoms with Crippen molar-refractivity contribution < 1.29 is 13.9 Å². The number of carbonyl (C=O) groups is 1. The maximum absolute atomic E-state index is 12.9. The van der Waals surface area contributed by atoms with Crippen molar-refractivity contribution in [3.8, 4) is 5.75 Å². The van der Waals surface area contributed by atoms with Crippen LogP contribution < -0.4 is 10.1 Å². The summed E-state index contributed by atoms with van der Waals surface area (Å²) in [6.07, 6.45) is 0.830. The summed E-state index contributed by atoms with van der Waals surface area (Å²) in [5.41, 5.74) is 2.18. The van der Waals surface area contributed by atoms with Crippen LogP contribution in [0.2, 0.25) is 0 Å². The van der Waals surface area contributed by atoms with E-state index in [1.54, 1.807) is 12.1 Å². The van der Waals surface area contributed by atoms with Gasteiger partial charge >= 0.3 is 0 Å². The van der Waals surface area contributed by atoms with Crippen LogP contribution in [0.4, 0.5) is 4.39 Å². The molecule has 0 spiro atoms. The molecule has 4 heteroatoms. The topological polar surface area (TPSA) is 38.3 Å². The maximum atomic E-state index is 12.9. The Labute approximate surface area is 135 Å². The zero-order valence-corrected chi connectivity index (χ0v) is 13.1. The van der Waals surface area contributed by atoms with E-state index in [4.69, 9.17) is 4.74 Å². The average molecular weight is 313 g/mol. The maximum Gasteiger partial charge on any atom is 0.223 e. The van der Waals surface area contributed by atoms with Crippen LogP contribution >= 0.6 is 0 Å². The molecule has 2 atom stereocenters. The zero-order valence-electron chi connectivity index (χ0n) is 13.1. The van der Waals surface area contributed by atoms with Crippen molar-refractivity contribution in [2.75, 3.05) is 13.2 Å². The minimum atomic E-state index is -0.247. The molecule has 1 N–H and O–H groups in total. The number of hydrogen-bond donors (Lipinski definition) is 1. The summed E-state index contributed by atoms with van der Waals surface area (Å²) in [6, 6.07) is 14.2. The quantitative estimate of drug-likeness (QED) is 0.830. The predicted octanol–water partition coefficient (Wildman–Crippen LogP) is 3.43. The third-order valence-corrected chi connectivity index (χ3v) is 4.08. The minimum absolute atomic E-state index is 0.000527. The van der Waals surface area contributed by atoms with Crippen molar-refractivity contribution >= 4 is 5.91 Å². The molecule has 1 amide bonds. The molecule has 1 fully saturated rings. The standard InChI is InChI=1S/C19H20FNO2/c1-13-3-2-4-16(11-13)23-10-9-21-19(22)18-12-17(18)14-5-7-15(20)8-6-14/h2-8,11,17-18H,9-10,12H2,1H3,(H,21,22). The van der Waals surface area contributed by atoms with Gasteiger partial charge in [0.2, 0.25) is 5.91 Å². The van der Waals surface area contributed by atoms with E-state index < -0.39 is 0 Å². The fourth-order valence-electron chi connectivity index (χ4n) is 2.74. The Morgan fingerprint density at radius 1 is 1.26 bits per heavy atom. The molecule has 120 valence electrons. The average Bonchev–Trinajstić information content (AvgIpc) is 3.33. The molecule has 0 aromatic heterocycles. The third-order valence-electron chi connectivity index (χ3n) is 4.08. The van der Waals surface area contributed by atoms with Gasteiger partial charge in [-0.3, -0.25) is 4.79 Å². The first-order valence-corrected chi connectivity index (χ1v) is 7.86. The summed E-state index contributed by atoms with van der Waals surface area (Å²) in [5, 5.41) is 2.90. The van der Waals surface area contributed by atoms with Gasteiger partial charge in [-0.25, -0.2) is 4.39 Å². The molecule has 0 heterocycles. The lowest BCUT2D eigenvalue weighted by atomic mass is 10.1. The molecule has 0 aliphatic heterocycles. The molecule has 2 aromatic carbocycles. The number of aryl methyl sites for hydroxylation is 1. The summed E-state index contributed by atoms with van der Waals surface area (Å²) >= 11 is 0. The van der Waals surface area contributed by atoms with Gasteiger partial charge in [-0.15, -0.1) is 0 Å². The number of carbonyl (C=O) groups excluding carboxylic acids is 1. The SMILES string of the molecule is Cc1cccc(OCCNC(=O)C2CC2c2ccc(F)cc2)c1. The summed E-state index contributed by atoms with van der Waals surface area (Å²) < 4.78 is 18.5. The molecular weight excluding hydrogens is 293 g/mol. The fraction of sp³-hybridized carbons (Fsp3) is 0.316. The summed E-state index contributed by atoms with van der Waals surface area (Å²) in [7, 11) is 0. The molecule has 0 radical (unpaired) electrons. The Morgan fingerprint density at radius 2 is 2.04 bits per heavy atom. The third kappa shape index (κ3) is 4.09. The molecular formula is C19H20FNO2. The first kappa shape index (κ1) is 15.5. The van der Waals surface area contributed by atoms with Crippen molar-refractivity contribution in [3.63, 3.8) is 0 Å². The highest BCUT2D eigenvalue weighted by Crippen LogP contribution is 2.47. The molecule has 3 rings (SSSR count). The highest BCUT2D eigenvalue weighted by atomic mass is 19.1. The molecule has 23 heavy (non-hydrogen) atoms. The predicted molar refractivity (Wildman–Crippen MR) is 86.9 cm³/mol. The zero-order chi connectivity index (χ0) is 16.2. The Morgan fingerprint density at radius 3 is 2.78 bits per heavy atom. The van der Waals surface area contributed by atoms with Gasteiger partial charge in [-0.2, -0.15) is 0 Å². The van der Waals surface area contributed by atoms with E-state index >= 15 is 0 Å². The molecule has 0 bridgehead atoms. The van der Waals surface area contributed by atoms with Crippen molar-refractivity contribution in [1.29, 1.82) is 0 Å². The van der Waals surface area contributed by atoms with Gasteiger partial charge in [-0.1, -0.05) is 24.3 Å². The first-order chi connectivity index (χ1) is 11.1. The van der Waals surface area contributed by atoms with E-state index in [1.165, 1.54) is 12.1 Å². The van der Waals surface area contributed by atoms with Gasteiger partial charge < -0.3 is 10.1 Å². The Balaban J connectivity index is 1.40. The van der Waals surface area contributed by atoms with Crippen LogP contribution in [-0.2, 0) is 4.79 Å². The van der Waals surface area contributed by atoms with Crippen LogP contribution in [0.1, 0.15) is 23.5 Å². The Kier molecular flexibility index (Phi) is 4.60. The van der Waals surface area contributed by atoms with Crippen LogP contribution in [0.25, 0.3) is 0 Å². The molecule has 2 aromatic rings. The van der Waals surface area contributed by atoms with Gasteiger partial charge in [0.05, 0.1) is 6.54 Å². The molecule has 1 aliphatic rings. The van der Waals surface area contributed by atoms with E-state index in [0.29, 0.717) is 13.2 Å². The summed E-state index contributed by atoms with van der Waals surface area (Å²) in [4.78, 5) is 12.1. The number of nitrogens with one attached hydrogen (secondary N) is 1. The second-order valence-corrected chi connectivity index (χ2v) is 5.96. The lowest BCUT2D eigenvalue weighted by Crippen LogP contribution is -2.29. The van der Waals surface area contributed by atoms with Crippen LogP contribution in [0.5, 0.6) is 5.75 Å². The van der Waals surface area contributed by atoms with Gasteiger partial charge in [0.25, 0.3) is 0 Å². The molecule has 1 saturated carbocycles. The number of rotatable bonds is 6. The van der Waals surface area contributed by atoms with Gasteiger partial charge in [-0.05, 0) is 54.7 Å². The van der Waals surface area contributed by atoms with Crippen LogP contribution in [0.3, 0.4) is 0 Å². The molecule has 3 nitrogen and oxygen atoms in total. The first-order valence-electron chi connectivity index (χ1n) is 7.86. The number of benzene rings is 2. The number of halogens is 1. The minimum Gasteiger partial charge on any atom is -0.492 e. The molecule has 1 aliphatic carbocycles. The van der Waals surface area contributed by atoms with E-state index in [9.17, 15) is 9.18 Å². The number of ether oxygens (including phenoxy) is 1. The van der Waals surface area contributed by atoms with Crippen LogP contribution in [0.15, 0.2) is 48.5 Å². The van der Waals surface area contributed by atoms with E-state index in [2.05, 4.69) is 5.32 Å². The highest BCUT2D eigenvalue weighted by Gasteiger charge is 2.43. The Hall–Kier alpha value is -2.36. The van der Waals surface area contributed by atoms with Crippen molar-refractivity contribution in [3.05, 3.63) is 65.5 Å².